The summed E-state index contributed by atoms with van der Waals surface area (Å²) in [5, 5.41) is 6.10. The molecule has 0 saturated heterocycles. The number of hydrogen-bond donors (Lipinski definition) is 2. The molecule has 3 aromatic rings. The standard InChI is InChI=1S/C21H25FN6O2/c1-3-30-19(29)13(2)24-20-23-12-17-18(27-20)28(14-8-4-5-9-14)21(26-17)25-16-11-7-6-10-15(16)22/h6-7,10-14H,3-5,8-9H2,1-2H3,(H,25,26)(H,23,24,27)/t13-/m1/s1. The zero-order valence-corrected chi connectivity index (χ0v) is 17.1. The van der Waals surface area contributed by atoms with Gasteiger partial charge in [-0.25, -0.2) is 19.2 Å². The molecule has 0 spiro atoms. The van der Waals surface area contributed by atoms with Gasteiger partial charge in [-0.1, -0.05) is 25.0 Å². The third kappa shape index (κ3) is 4.05. The van der Waals surface area contributed by atoms with Crippen molar-refractivity contribution in [2.24, 2.45) is 0 Å². The molecule has 2 aromatic heterocycles. The van der Waals surface area contributed by atoms with Crippen molar-refractivity contribution < 1.29 is 13.9 Å². The molecule has 0 bridgehead atoms. The van der Waals surface area contributed by atoms with Crippen LogP contribution in [-0.4, -0.2) is 38.1 Å². The fourth-order valence-electron chi connectivity index (χ4n) is 3.76. The molecule has 0 radical (unpaired) electrons. The molecule has 4 rings (SSSR count). The van der Waals surface area contributed by atoms with Gasteiger partial charge in [-0.2, -0.15) is 4.98 Å². The van der Waals surface area contributed by atoms with Crippen LogP contribution in [-0.2, 0) is 9.53 Å². The largest absolute Gasteiger partial charge is 0.464 e. The molecule has 2 N–H and O–H groups in total. The predicted octanol–water partition coefficient (Wildman–Crippen LogP) is 4.19. The van der Waals surface area contributed by atoms with E-state index in [2.05, 4.69) is 25.6 Å². The molecule has 0 aliphatic heterocycles. The van der Waals surface area contributed by atoms with Crippen LogP contribution >= 0.6 is 0 Å². The first-order valence-corrected chi connectivity index (χ1v) is 10.3. The average molecular weight is 412 g/mol. The van der Waals surface area contributed by atoms with Crippen LogP contribution in [0.1, 0.15) is 45.6 Å². The van der Waals surface area contributed by atoms with Gasteiger partial charge in [0.05, 0.1) is 18.5 Å². The molecule has 1 saturated carbocycles. The minimum Gasteiger partial charge on any atom is -0.464 e. The minimum atomic E-state index is -0.582. The van der Waals surface area contributed by atoms with Gasteiger partial charge in [0.15, 0.2) is 5.65 Å². The molecule has 0 unspecified atom stereocenters. The summed E-state index contributed by atoms with van der Waals surface area (Å²) in [6.45, 7) is 3.77. The first-order chi connectivity index (χ1) is 14.6. The number of para-hydroxylation sites is 1. The van der Waals surface area contributed by atoms with E-state index in [1.54, 1.807) is 38.2 Å². The van der Waals surface area contributed by atoms with Crippen molar-refractivity contribution in [1.82, 2.24) is 19.5 Å². The maximum absolute atomic E-state index is 14.2. The van der Waals surface area contributed by atoms with E-state index >= 15 is 0 Å². The van der Waals surface area contributed by atoms with Gasteiger partial charge in [0.1, 0.15) is 17.4 Å². The van der Waals surface area contributed by atoms with Crippen molar-refractivity contribution in [3.63, 3.8) is 0 Å². The SMILES string of the molecule is CCOC(=O)[C@@H](C)Nc1ncc2nc(Nc3ccccc3F)n(C3CCCC3)c2n1. The molecule has 2 heterocycles. The summed E-state index contributed by atoms with van der Waals surface area (Å²) in [6.07, 6.45) is 5.87. The number of fused-ring (bicyclic) bond motifs is 1. The number of esters is 1. The van der Waals surface area contributed by atoms with Crippen LogP contribution in [0.25, 0.3) is 11.2 Å². The smallest absolute Gasteiger partial charge is 0.328 e. The Hall–Kier alpha value is -3.23. The number of imidazole rings is 1. The maximum atomic E-state index is 14.2. The first kappa shape index (κ1) is 20.1. The van der Waals surface area contributed by atoms with Gasteiger partial charge in [-0.15, -0.1) is 0 Å². The van der Waals surface area contributed by atoms with E-state index in [0.717, 1.165) is 25.7 Å². The molecule has 8 nitrogen and oxygen atoms in total. The van der Waals surface area contributed by atoms with Crippen molar-refractivity contribution >= 4 is 34.7 Å². The number of rotatable bonds is 7. The zero-order valence-electron chi connectivity index (χ0n) is 17.1. The number of nitrogens with zero attached hydrogens (tertiary/aromatic N) is 4. The summed E-state index contributed by atoms with van der Waals surface area (Å²) in [5.74, 6) is 0.137. The summed E-state index contributed by atoms with van der Waals surface area (Å²) in [4.78, 5) is 25.5. The van der Waals surface area contributed by atoms with Crippen LogP contribution in [0.15, 0.2) is 30.5 Å². The van der Waals surface area contributed by atoms with Gasteiger partial charge in [-0.05, 0) is 38.8 Å². The Kier molecular flexibility index (Phi) is 5.78. The van der Waals surface area contributed by atoms with E-state index in [-0.39, 0.29) is 17.8 Å². The van der Waals surface area contributed by atoms with Crippen molar-refractivity contribution in [2.45, 2.75) is 51.6 Å². The van der Waals surface area contributed by atoms with Crippen LogP contribution in [0.4, 0.5) is 22.0 Å². The normalized spacial score (nSPS) is 15.3. The van der Waals surface area contributed by atoms with Gasteiger partial charge in [0.25, 0.3) is 0 Å². The predicted molar refractivity (Wildman–Crippen MR) is 112 cm³/mol. The van der Waals surface area contributed by atoms with E-state index in [1.165, 1.54) is 6.07 Å². The van der Waals surface area contributed by atoms with Gasteiger partial charge >= 0.3 is 5.97 Å². The number of ether oxygens (including phenoxy) is 1. The third-order valence-electron chi connectivity index (χ3n) is 5.23. The van der Waals surface area contributed by atoms with Crippen LogP contribution in [0.3, 0.4) is 0 Å². The number of halogens is 1. The Labute approximate surface area is 173 Å². The van der Waals surface area contributed by atoms with Gasteiger partial charge < -0.3 is 15.4 Å². The molecule has 1 aliphatic carbocycles. The third-order valence-corrected chi connectivity index (χ3v) is 5.23. The lowest BCUT2D eigenvalue weighted by Crippen LogP contribution is -2.29. The number of aromatic nitrogens is 4. The van der Waals surface area contributed by atoms with Crippen LogP contribution in [0.2, 0.25) is 0 Å². The molecular formula is C21H25FN6O2. The maximum Gasteiger partial charge on any atom is 0.328 e. The number of anilines is 3. The number of hydrogen-bond acceptors (Lipinski definition) is 7. The van der Waals surface area contributed by atoms with Gasteiger partial charge in [0.2, 0.25) is 11.9 Å². The fraction of sp³-hybridized carbons (Fsp3) is 0.429. The lowest BCUT2D eigenvalue weighted by molar-refractivity contribution is -0.143. The molecular weight excluding hydrogens is 387 g/mol. The highest BCUT2D eigenvalue weighted by molar-refractivity contribution is 5.80. The lowest BCUT2D eigenvalue weighted by Gasteiger charge is -2.17. The zero-order chi connectivity index (χ0) is 21.1. The topological polar surface area (TPSA) is 94.0 Å². The quantitative estimate of drug-likeness (QED) is 0.562. The molecule has 9 heteroatoms. The molecule has 1 aliphatic rings. The van der Waals surface area contributed by atoms with Crippen molar-refractivity contribution in [3.8, 4) is 0 Å². The van der Waals surface area contributed by atoms with E-state index in [0.29, 0.717) is 35.4 Å². The molecule has 30 heavy (non-hydrogen) atoms. The average Bonchev–Trinajstić information content (AvgIpc) is 3.37. The number of carbonyl (C=O) groups excluding carboxylic acids is 1. The second kappa shape index (κ2) is 8.64. The monoisotopic (exact) mass is 412 g/mol. The Morgan fingerprint density at radius 1 is 1.30 bits per heavy atom. The fourth-order valence-corrected chi connectivity index (χ4v) is 3.76. The number of nitrogens with one attached hydrogen (secondary N) is 2. The molecule has 1 atom stereocenters. The highest BCUT2D eigenvalue weighted by Crippen LogP contribution is 2.36. The van der Waals surface area contributed by atoms with Crippen molar-refractivity contribution in [1.29, 1.82) is 0 Å². The molecule has 0 amide bonds. The summed E-state index contributed by atoms with van der Waals surface area (Å²) in [6, 6.07) is 6.13. The Morgan fingerprint density at radius 2 is 2.07 bits per heavy atom. The second-order valence-corrected chi connectivity index (χ2v) is 7.37. The first-order valence-electron chi connectivity index (χ1n) is 10.3. The number of carbonyl (C=O) groups is 1. The Balaban J connectivity index is 1.70. The molecule has 1 aromatic carbocycles. The van der Waals surface area contributed by atoms with Crippen LogP contribution in [0.5, 0.6) is 0 Å². The Bertz CT molecular complexity index is 1050. The summed E-state index contributed by atoms with van der Waals surface area (Å²) in [5.41, 5.74) is 1.61. The minimum absolute atomic E-state index is 0.217. The number of benzene rings is 1. The molecule has 1 fully saturated rings. The van der Waals surface area contributed by atoms with Crippen molar-refractivity contribution in [3.05, 3.63) is 36.3 Å². The highest BCUT2D eigenvalue weighted by Gasteiger charge is 2.25. The van der Waals surface area contributed by atoms with Crippen LogP contribution in [0, 0.1) is 5.82 Å². The summed E-state index contributed by atoms with van der Waals surface area (Å²) < 4.78 is 21.3. The Morgan fingerprint density at radius 3 is 2.80 bits per heavy atom. The van der Waals surface area contributed by atoms with Gasteiger partial charge in [-0.3, -0.25) is 4.57 Å². The van der Waals surface area contributed by atoms with E-state index in [1.807, 2.05) is 4.57 Å². The lowest BCUT2D eigenvalue weighted by atomic mass is 10.2. The second-order valence-electron chi connectivity index (χ2n) is 7.37. The van der Waals surface area contributed by atoms with E-state index < -0.39 is 6.04 Å². The van der Waals surface area contributed by atoms with E-state index in [4.69, 9.17) is 4.74 Å². The molecule has 158 valence electrons. The highest BCUT2D eigenvalue weighted by atomic mass is 19.1. The van der Waals surface area contributed by atoms with Crippen LogP contribution < -0.4 is 10.6 Å². The van der Waals surface area contributed by atoms with Gasteiger partial charge in [0, 0.05) is 6.04 Å². The summed E-state index contributed by atoms with van der Waals surface area (Å²) >= 11 is 0. The van der Waals surface area contributed by atoms with Crippen molar-refractivity contribution in [2.75, 3.05) is 17.2 Å². The van der Waals surface area contributed by atoms with E-state index in [9.17, 15) is 9.18 Å². The summed E-state index contributed by atoms with van der Waals surface area (Å²) in [7, 11) is 0.